The van der Waals surface area contributed by atoms with Gasteiger partial charge in [-0.3, -0.25) is 4.98 Å². The van der Waals surface area contributed by atoms with Crippen LogP contribution in [0, 0.1) is 10.8 Å². The number of fused-ring (bicyclic) bond motifs is 3. The van der Waals surface area contributed by atoms with Gasteiger partial charge in [0.25, 0.3) is 0 Å². The molecule has 5 aromatic rings. The van der Waals surface area contributed by atoms with Crippen LogP contribution in [0.4, 0.5) is 0 Å². The van der Waals surface area contributed by atoms with Crippen molar-refractivity contribution >= 4 is 21.8 Å². The molecule has 1 aliphatic rings. The van der Waals surface area contributed by atoms with E-state index in [-0.39, 0.29) is 22.4 Å². The summed E-state index contributed by atoms with van der Waals surface area (Å²) in [5.74, 6) is 0. The van der Waals surface area contributed by atoms with Gasteiger partial charge in [0, 0.05) is 47.5 Å². The minimum absolute atomic E-state index is 0.0993. The molecule has 0 aliphatic carbocycles. The molecule has 1 unspecified atom stereocenters. The monoisotopic (exact) mass is 528 g/mol. The van der Waals surface area contributed by atoms with Crippen molar-refractivity contribution in [1.29, 1.82) is 0 Å². The van der Waals surface area contributed by atoms with Gasteiger partial charge in [0.2, 0.25) is 0 Å². The molecule has 6 rings (SSSR count). The van der Waals surface area contributed by atoms with Crippen LogP contribution in [0.15, 0.2) is 104 Å². The fourth-order valence-electron chi connectivity index (χ4n) is 7.59. The molecule has 0 bridgehead atoms. The lowest BCUT2D eigenvalue weighted by molar-refractivity contribution is 0.0865. The molecule has 4 nitrogen and oxygen atoms in total. The van der Waals surface area contributed by atoms with Gasteiger partial charge in [0.1, 0.15) is 6.17 Å². The van der Waals surface area contributed by atoms with E-state index in [4.69, 9.17) is 4.98 Å². The number of aromatic nitrogens is 2. The van der Waals surface area contributed by atoms with Crippen molar-refractivity contribution in [2.75, 3.05) is 7.05 Å². The van der Waals surface area contributed by atoms with E-state index < -0.39 is 0 Å². The number of para-hydroxylation sites is 1. The van der Waals surface area contributed by atoms with Gasteiger partial charge in [0.15, 0.2) is 0 Å². The molecule has 1 aliphatic heterocycles. The van der Waals surface area contributed by atoms with E-state index in [1.807, 2.05) is 18.5 Å². The van der Waals surface area contributed by atoms with Crippen molar-refractivity contribution in [3.63, 3.8) is 0 Å². The predicted octanol–water partition coefficient (Wildman–Crippen LogP) is 8.56. The summed E-state index contributed by atoms with van der Waals surface area (Å²) in [5, 5.41) is 6.02. The first-order chi connectivity index (χ1) is 19.0. The van der Waals surface area contributed by atoms with Gasteiger partial charge >= 0.3 is 0 Å². The fraction of sp³-hybridized carbons (Fsp3) is 0.306. The van der Waals surface area contributed by atoms with Gasteiger partial charge < -0.3 is 14.8 Å². The normalized spacial score (nSPS) is 16.2. The van der Waals surface area contributed by atoms with E-state index in [1.54, 1.807) is 0 Å². The van der Waals surface area contributed by atoms with Crippen molar-refractivity contribution in [2.45, 2.75) is 53.1 Å². The third-order valence-electron chi connectivity index (χ3n) is 8.82. The molecule has 1 atom stereocenters. The highest BCUT2D eigenvalue weighted by atomic mass is 15.3. The first-order valence-electron chi connectivity index (χ1n) is 14.2. The molecule has 0 fully saturated rings. The molecule has 2 aromatic heterocycles. The van der Waals surface area contributed by atoms with E-state index in [0.717, 1.165) is 5.69 Å². The van der Waals surface area contributed by atoms with Crippen molar-refractivity contribution in [1.82, 2.24) is 19.8 Å². The molecular formula is C36H40N4. The summed E-state index contributed by atoms with van der Waals surface area (Å²) in [5.41, 5.74) is 6.71. The molecule has 0 saturated carbocycles. The number of hydrogen-bond acceptors (Lipinski definition) is 3. The van der Waals surface area contributed by atoms with Crippen LogP contribution in [0.5, 0.6) is 0 Å². The highest BCUT2D eigenvalue weighted by Crippen LogP contribution is 2.57. The van der Waals surface area contributed by atoms with E-state index in [9.17, 15) is 0 Å². The SMILES string of the molecule is CN1C=CNC1c1ccc2c3ccccc3n(-c3cccc(C(c4ccccn4)(C(C)(C)C)C(C)(C)C)c3)c2c1. The van der Waals surface area contributed by atoms with Crippen LogP contribution in [0.2, 0.25) is 0 Å². The zero-order valence-electron chi connectivity index (χ0n) is 24.7. The summed E-state index contributed by atoms with van der Waals surface area (Å²) in [6, 6.07) is 31.2. The van der Waals surface area contributed by atoms with Crippen LogP contribution in [0.3, 0.4) is 0 Å². The standard InChI is InChI=1S/C36H40N4/c1-34(2,3)36(35(4,5)6,32-17-10-11-20-37-32)26-13-12-14-27(24-26)40-30-16-9-8-15-28(30)29-19-18-25(23-31(29)40)33-38-21-22-39(33)7/h8-24,33,38H,1-7H3. The Bertz CT molecular complexity index is 1700. The molecule has 3 aromatic carbocycles. The second-order valence-electron chi connectivity index (χ2n) is 13.2. The topological polar surface area (TPSA) is 33.1 Å². The van der Waals surface area contributed by atoms with E-state index in [2.05, 4.69) is 148 Å². The Morgan fingerprint density at radius 1 is 0.725 bits per heavy atom. The second-order valence-corrected chi connectivity index (χ2v) is 13.2. The maximum absolute atomic E-state index is 4.99. The Balaban J connectivity index is 1.64. The minimum Gasteiger partial charge on any atom is -0.366 e. The predicted molar refractivity (Wildman–Crippen MR) is 167 cm³/mol. The van der Waals surface area contributed by atoms with Gasteiger partial charge in [-0.1, -0.05) is 90.1 Å². The number of benzene rings is 3. The van der Waals surface area contributed by atoms with Crippen molar-refractivity contribution < 1.29 is 0 Å². The van der Waals surface area contributed by atoms with Crippen LogP contribution in [-0.4, -0.2) is 21.5 Å². The number of hydrogen-bond donors (Lipinski definition) is 1. The molecule has 0 spiro atoms. The van der Waals surface area contributed by atoms with Gasteiger partial charge in [-0.15, -0.1) is 0 Å². The van der Waals surface area contributed by atoms with E-state index in [1.165, 1.54) is 38.6 Å². The Morgan fingerprint density at radius 3 is 2.12 bits per heavy atom. The molecule has 3 heterocycles. The van der Waals surface area contributed by atoms with E-state index >= 15 is 0 Å². The quantitative estimate of drug-likeness (QED) is 0.254. The largest absolute Gasteiger partial charge is 0.366 e. The summed E-state index contributed by atoms with van der Waals surface area (Å²) in [7, 11) is 2.11. The lowest BCUT2D eigenvalue weighted by Crippen LogP contribution is -2.51. The average molecular weight is 529 g/mol. The third-order valence-corrected chi connectivity index (χ3v) is 8.82. The molecule has 0 saturated heterocycles. The van der Waals surface area contributed by atoms with Crippen LogP contribution in [-0.2, 0) is 5.41 Å². The Hall–Kier alpha value is -4.05. The maximum atomic E-state index is 4.99. The first kappa shape index (κ1) is 26.2. The lowest BCUT2D eigenvalue weighted by Gasteiger charge is -2.54. The summed E-state index contributed by atoms with van der Waals surface area (Å²) < 4.78 is 2.44. The van der Waals surface area contributed by atoms with Gasteiger partial charge in [0.05, 0.1) is 16.7 Å². The van der Waals surface area contributed by atoms with Crippen molar-refractivity contribution in [2.24, 2.45) is 10.8 Å². The van der Waals surface area contributed by atoms with Gasteiger partial charge in [-0.2, -0.15) is 0 Å². The van der Waals surface area contributed by atoms with Gasteiger partial charge in [-0.25, -0.2) is 0 Å². The van der Waals surface area contributed by atoms with Gasteiger partial charge in [-0.05, 0) is 58.4 Å². The highest BCUT2D eigenvalue weighted by molar-refractivity contribution is 6.09. The number of nitrogens with one attached hydrogen (secondary N) is 1. The minimum atomic E-state index is -0.330. The molecule has 0 radical (unpaired) electrons. The summed E-state index contributed by atoms with van der Waals surface area (Å²) in [6.07, 6.45) is 6.16. The van der Waals surface area contributed by atoms with Crippen LogP contribution in [0.1, 0.15) is 64.5 Å². The number of rotatable bonds is 4. The number of pyridine rings is 1. The lowest BCUT2D eigenvalue weighted by atomic mass is 9.49. The molecular weight excluding hydrogens is 488 g/mol. The van der Waals surface area contributed by atoms with E-state index in [0.29, 0.717) is 0 Å². The smallest absolute Gasteiger partial charge is 0.125 e. The summed E-state index contributed by atoms with van der Waals surface area (Å²) >= 11 is 0. The molecule has 4 heteroatoms. The Morgan fingerprint density at radius 2 is 1.45 bits per heavy atom. The summed E-state index contributed by atoms with van der Waals surface area (Å²) in [6.45, 7) is 14.1. The molecule has 40 heavy (non-hydrogen) atoms. The average Bonchev–Trinajstić information content (AvgIpc) is 3.48. The van der Waals surface area contributed by atoms with Crippen molar-refractivity contribution in [3.8, 4) is 5.69 Å². The highest BCUT2D eigenvalue weighted by Gasteiger charge is 2.54. The first-order valence-corrected chi connectivity index (χ1v) is 14.2. The zero-order chi connectivity index (χ0) is 28.3. The molecule has 0 amide bonds. The third kappa shape index (κ3) is 3.84. The molecule has 204 valence electrons. The zero-order valence-corrected chi connectivity index (χ0v) is 24.7. The van der Waals surface area contributed by atoms with Crippen molar-refractivity contribution in [3.05, 3.63) is 120 Å². The fourth-order valence-corrected chi connectivity index (χ4v) is 7.59. The number of nitrogens with zero attached hydrogens (tertiary/aromatic N) is 3. The summed E-state index contributed by atoms with van der Waals surface area (Å²) in [4.78, 5) is 7.20. The maximum Gasteiger partial charge on any atom is 0.125 e. The van der Waals surface area contributed by atoms with Crippen LogP contribution >= 0.6 is 0 Å². The second kappa shape index (κ2) is 9.26. The molecule has 1 N–H and O–H groups in total. The van der Waals surface area contributed by atoms with Crippen LogP contribution < -0.4 is 5.32 Å². The van der Waals surface area contributed by atoms with Crippen LogP contribution in [0.25, 0.3) is 27.5 Å². The Kier molecular flexibility index (Phi) is 6.06. The Labute approximate surface area is 238 Å².